The van der Waals surface area contributed by atoms with Gasteiger partial charge in [0.05, 0.1) is 5.69 Å². The Balaban J connectivity index is 2.16. The predicted octanol–water partition coefficient (Wildman–Crippen LogP) is 3.32. The minimum atomic E-state index is 0.823. The summed E-state index contributed by atoms with van der Waals surface area (Å²) in [6.45, 7) is 5.60. The summed E-state index contributed by atoms with van der Waals surface area (Å²) in [6.07, 6.45) is 7.51. The second kappa shape index (κ2) is 6.41. The lowest BCUT2D eigenvalue weighted by Crippen LogP contribution is -2.06. The van der Waals surface area contributed by atoms with E-state index in [1.807, 2.05) is 12.3 Å². The van der Waals surface area contributed by atoms with Crippen molar-refractivity contribution in [3.05, 3.63) is 24.5 Å². The highest BCUT2D eigenvalue weighted by Crippen LogP contribution is 2.10. The molecular formula is C12H20N2. The fraction of sp³-hybridized carbons (Fsp3) is 0.583. The van der Waals surface area contributed by atoms with Gasteiger partial charge in [0.15, 0.2) is 0 Å². The predicted molar refractivity (Wildman–Crippen MR) is 61.4 cm³/mol. The molecule has 0 radical (unpaired) electrons. The van der Waals surface area contributed by atoms with E-state index < -0.39 is 0 Å². The maximum atomic E-state index is 4.06. The van der Waals surface area contributed by atoms with Crippen LogP contribution in [0.2, 0.25) is 0 Å². The Morgan fingerprint density at radius 3 is 2.93 bits per heavy atom. The summed E-state index contributed by atoms with van der Waals surface area (Å²) in [7, 11) is 0. The lowest BCUT2D eigenvalue weighted by molar-refractivity contribution is 0.499. The third-order valence-electron chi connectivity index (χ3n) is 2.41. The summed E-state index contributed by atoms with van der Waals surface area (Å²) in [6, 6.07) is 4.01. The molecule has 1 unspecified atom stereocenters. The second-order valence-electron chi connectivity index (χ2n) is 3.85. The van der Waals surface area contributed by atoms with Crippen LogP contribution in [-0.4, -0.2) is 11.5 Å². The van der Waals surface area contributed by atoms with Gasteiger partial charge in [-0.2, -0.15) is 0 Å². The van der Waals surface area contributed by atoms with E-state index in [0.29, 0.717) is 0 Å². The standard InChI is InChI=1S/C12H20N2/c1-3-5-11(2)7-9-14-12-6-4-8-13-10-12/h4,6,8,10-11,14H,3,5,7,9H2,1-2H3. The van der Waals surface area contributed by atoms with Crippen LogP contribution in [0.25, 0.3) is 0 Å². The summed E-state index contributed by atoms with van der Waals surface area (Å²) >= 11 is 0. The highest BCUT2D eigenvalue weighted by atomic mass is 14.9. The lowest BCUT2D eigenvalue weighted by atomic mass is 10.0. The van der Waals surface area contributed by atoms with E-state index in [-0.39, 0.29) is 0 Å². The highest BCUT2D eigenvalue weighted by molar-refractivity contribution is 5.39. The van der Waals surface area contributed by atoms with Crippen molar-refractivity contribution < 1.29 is 0 Å². The van der Waals surface area contributed by atoms with Crippen LogP contribution in [0.3, 0.4) is 0 Å². The van der Waals surface area contributed by atoms with Crippen molar-refractivity contribution in [3.8, 4) is 0 Å². The lowest BCUT2D eigenvalue weighted by Gasteiger charge is -2.10. The first kappa shape index (κ1) is 11.0. The van der Waals surface area contributed by atoms with Crippen LogP contribution >= 0.6 is 0 Å². The quantitative estimate of drug-likeness (QED) is 0.748. The van der Waals surface area contributed by atoms with E-state index in [9.17, 15) is 0 Å². The highest BCUT2D eigenvalue weighted by Gasteiger charge is 1.99. The Morgan fingerprint density at radius 1 is 1.43 bits per heavy atom. The normalized spacial score (nSPS) is 12.4. The van der Waals surface area contributed by atoms with E-state index in [1.54, 1.807) is 6.20 Å². The Bertz CT molecular complexity index is 233. The molecule has 0 aliphatic carbocycles. The first-order valence-corrected chi connectivity index (χ1v) is 5.46. The SMILES string of the molecule is CCCC(C)CCNc1cccnc1. The van der Waals surface area contributed by atoms with E-state index in [1.165, 1.54) is 19.3 Å². The largest absolute Gasteiger partial charge is 0.384 e. The van der Waals surface area contributed by atoms with Gasteiger partial charge in [0.25, 0.3) is 0 Å². The molecule has 0 aliphatic heterocycles. The van der Waals surface area contributed by atoms with Crippen molar-refractivity contribution in [1.82, 2.24) is 4.98 Å². The second-order valence-corrected chi connectivity index (χ2v) is 3.85. The van der Waals surface area contributed by atoms with Crippen molar-refractivity contribution in [1.29, 1.82) is 0 Å². The number of nitrogens with one attached hydrogen (secondary N) is 1. The molecule has 1 rings (SSSR count). The topological polar surface area (TPSA) is 24.9 Å². The van der Waals surface area contributed by atoms with Gasteiger partial charge in [-0.25, -0.2) is 0 Å². The van der Waals surface area contributed by atoms with Crippen molar-refractivity contribution >= 4 is 5.69 Å². The van der Waals surface area contributed by atoms with Crippen LogP contribution in [-0.2, 0) is 0 Å². The summed E-state index contributed by atoms with van der Waals surface area (Å²) in [4.78, 5) is 4.06. The van der Waals surface area contributed by atoms with Crippen molar-refractivity contribution in [2.24, 2.45) is 5.92 Å². The summed E-state index contributed by atoms with van der Waals surface area (Å²) in [5.41, 5.74) is 1.12. The number of pyridine rings is 1. The molecule has 0 amide bonds. The van der Waals surface area contributed by atoms with Crippen LogP contribution in [0.1, 0.15) is 33.1 Å². The van der Waals surface area contributed by atoms with Crippen molar-refractivity contribution in [2.75, 3.05) is 11.9 Å². The minimum Gasteiger partial charge on any atom is -0.384 e. The van der Waals surface area contributed by atoms with Gasteiger partial charge in [0, 0.05) is 18.9 Å². The molecule has 1 N–H and O–H groups in total. The molecule has 2 heteroatoms. The number of nitrogens with zero attached hydrogens (tertiary/aromatic N) is 1. The Hall–Kier alpha value is -1.05. The first-order valence-electron chi connectivity index (χ1n) is 5.46. The van der Waals surface area contributed by atoms with Crippen LogP contribution in [0.15, 0.2) is 24.5 Å². The van der Waals surface area contributed by atoms with Crippen LogP contribution < -0.4 is 5.32 Å². The van der Waals surface area contributed by atoms with Crippen molar-refractivity contribution in [3.63, 3.8) is 0 Å². The van der Waals surface area contributed by atoms with E-state index in [4.69, 9.17) is 0 Å². The monoisotopic (exact) mass is 192 g/mol. The molecule has 0 bridgehead atoms. The average Bonchev–Trinajstić information content (AvgIpc) is 2.20. The summed E-state index contributed by atoms with van der Waals surface area (Å²) in [5.74, 6) is 0.823. The third-order valence-corrected chi connectivity index (χ3v) is 2.41. The average molecular weight is 192 g/mol. The molecule has 1 atom stereocenters. The van der Waals surface area contributed by atoms with Gasteiger partial charge in [0.2, 0.25) is 0 Å². The maximum absolute atomic E-state index is 4.06. The van der Waals surface area contributed by atoms with Crippen LogP contribution in [0.4, 0.5) is 5.69 Å². The zero-order valence-corrected chi connectivity index (χ0v) is 9.16. The Kier molecular flexibility index (Phi) is 5.05. The molecule has 0 aromatic carbocycles. The molecule has 1 aromatic heterocycles. The molecule has 0 aliphatic rings. The fourth-order valence-corrected chi connectivity index (χ4v) is 1.57. The van der Waals surface area contributed by atoms with Gasteiger partial charge in [-0.1, -0.05) is 26.7 Å². The molecular weight excluding hydrogens is 172 g/mol. The summed E-state index contributed by atoms with van der Waals surface area (Å²) < 4.78 is 0. The molecule has 78 valence electrons. The number of hydrogen-bond donors (Lipinski definition) is 1. The molecule has 1 aromatic rings. The van der Waals surface area contributed by atoms with Crippen LogP contribution in [0.5, 0.6) is 0 Å². The van der Waals surface area contributed by atoms with Gasteiger partial charge < -0.3 is 5.32 Å². The third kappa shape index (κ3) is 4.26. The zero-order valence-electron chi connectivity index (χ0n) is 9.16. The molecule has 0 fully saturated rings. The molecule has 14 heavy (non-hydrogen) atoms. The number of anilines is 1. The Labute approximate surface area is 86.8 Å². The number of hydrogen-bond acceptors (Lipinski definition) is 2. The zero-order chi connectivity index (χ0) is 10.2. The smallest absolute Gasteiger partial charge is 0.0526 e. The molecule has 2 nitrogen and oxygen atoms in total. The molecule has 1 heterocycles. The first-order chi connectivity index (χ1) is 6.83. The van der Waals surface area contributed by atoms with Gasteiger partial charge in [-0.3, -0.25) is 4.98 Å². The van der Waals surface area contributed by atoms with Crippen LogP contribution in [0, 0.1) is 5.92 Å². The van der Waals surface area contributed by atoms with Crippen molar-refractivity contribution in [2.45, 2.75) is 33.1 Å². The van der Waals surface area contributed by atoms with E-state index >= 15 is 0 Å². The van der Waals surface area contributed by atoms with E-state index in [2.05, 4.69) is 30.2 Å². The molecule has 0 saturated carbocycles. The Morgan fingerprint density at radius 2 is 2.29 bits per heavy atom. The molecule has 0 saturated heterocycles. The summed E-state index contributed by atoms with van der Waals surface area (Å²) in [5, 5.41) is 3.37. The van der Waals surface area contributed by atoms with E-state index in [0.717, 1.165) is 18.2 Å². The minimum absolute atomic E-state index is 0.823. The number of rotatable bonds is 6. The fourth-order valence-electron chi connectivity index (χ4n) is 1.57. The van der Waals surface area contributed by atoms with Gasteiger partial charge >= 0.3 is 0 Å². The van der Waals surface area contributed by atoms with Gasteiger partial charge in [-0.05, 0) is 24.5 Å². The molecule has 0 spiro atoms. The van der Waals surface area contributed by atoms with Gasteiger partial charge in [-0.15, -0.1) is 0 Å². The maximum Gasteiger partial charge on any atom is 0.0526 e. The van der Waals surface area contributed by atoms with Gasteiger partial charge in [0.1, 0.15) is 0 Å². The number of aromatic nitrogens is 1.